The van der Waals surface area contributed by atoms with Crippen LogP contribution in [-0.2, 0) is 0 Å². The quantitative estimate of drug-likeness (QED) is 0.137. The number of aliphatic hydroxyl groups excluding tert-OH is 1. The Balaban J connectivity index is 0.000000615. The molecule has 260 valence electrons. The van der Waals surface area contributed by atoms with Crippen LogP contribution >= 0.6 is 0 Å². The Bertz CT molecular complexity index is 1460. The first-order valence-electron chi connectivity index (χ1n) is 16.0. The zero-order chi connectivity index (χ0) is 35.6. The number of carbonyl (C=O) groups excluding carboxylic acids is 1. The molecule has 0 fully saturated rings. The molecule has 1 aliphatic heterocycles. The van der Waals surface area contributed by atoms with Crippen LogP contribution in [0.5, 0.6) is 0 Å². The van der Waals surface area contributed by atoms with E-state index in [-0.39, 0.29) is 23.9 Å². The van der Waals surface area contributed by atoms with Gasteiger partial charge in [-0.1, -0.05) is 64.0 Å². The van der Waals surface area contributed by atoms with Gasteiger partial charge in [0.25, 0.3) is 11.5 Å². The Morgan fingerprint density at radius 3 is 2.32 bits per heavy atom. The molecular weight excluding hydrogens is 609 g/mol. The first-order valence-corrected chi connectivity index (χ1v) is 16.0. The summed E-state index contributed by atoms with van der Waals surface area (Å²) in [5.74, 6) is 0.0469. The van der Waals surface area contributed by atoms with E-state index in [0.717, 1.165) is 43.4 Å². The number of aliphatic hydroxyl groups is 1. The fourth-order valence-corrected chi connectivity index (χ4v) is 4.62. The van der Waals surface area contributed by atoms with Crippen molar-refractivity contribution in [2.45, 2.75) is 79.4 Å². The van der Waals surface area contributed by atoms with Crippen molar-refractivity contribution in [3.05, 3.63) is 93.2 Å². The summed E-state index contributed by atoms with van der Waals surface area (Å²) >= 11 is 0. The number of carbonyl (C=O) groups is 1. The molecule has 0 spiro atoms. The van der Waals surface area contributed by atoms with Gasteiger partial charge in [0, 0.05) is 43.3 Å². The van der Waals surface area contributed by atoms with E-state index in [9.17, 15) is 22.8 Å². The highest BCUT2D eigenvalue weighted by Crippen LogP contribution is 2.38. The normalized spacial score (nSPS) is 13.4. The van der Waals surface area contributed by atoms with Crippen LogP contribution in [0.2, 0.25) is 0 Å². The molecule has 12 heteroatoms. The zero-order valence-corrected chi connectivity index (χ0v) is 28.8. The number of hydrogen-bond acceptors (Lipinski definition) is 7. The average Bonchev–Trinajstić information content (AvgIpc) is 3.52. The summed E-state index contributed by atoms with van der Waals surface area (Å²) in [5, 5.41) is 11.6. The molecular formula is C35H51F3N6O3. The molecule has 0 aliphatic carbocycles. The van der Waals surface area contributed by atoms with E-state index in [1.54, 1.807) is 31.3 Å². The van der Waals surface area contributed by atoms with Crippen molar-refractivity contribution in [1.82, 2.24) is 25.2 Å². The van der Waals surface area contributed by atoms with Crippen LogP contribution < -0.4 is 21.7 Å². The third-order valence-corrected chi connectivity index (χ3v) is 6.88. The standard InChI is InChI=1S/C22H28F3N5O2.C9H11NO.2C2H6/c1-14(6-4-3-5-9-26-13-31)12-16-15(2)27-10-7-18(16)30-11-8-17-19(21(30)32)20(29-28-17)22(23,24)25;1-10(2)9(11)8-6-4-3-5-7-8;2*1-2/h7-8,10-12,20,26,28-29,31H,3-6,9,13H2,1-2H3;3-7H,1-2H3;2*1-2H3/b14-12+;;;. The number of hydrogen-bond donors (Lipinski definition) is 4. The lowest BCUT2D eigenvalue weighted by atomic mass is 10.0. The fraction of sp³-hybridized carbons (Fsp3) is 0.457. The van der Waals surface area contributed by atoms with Gasteiger partial charge in [-0.2, -0.15) is 13.2 Å². The Morgan fingerprint density at radius 2 is 1.72 bits per heavy atom. The van der Waals surface area contributed by atoms with Crippen LogP contribution in [0.3, 0.4) is 0 Å². The first-order chi connectivity index (χ1) is 22.5. The molecule has 4 N–H and O–H groups in total. The Labute approximate surface area is 276 Å². The molecule has 3 heterocycles. The van der Waals surface area contributed by atoms with Gasteiger partial charge in [0.05, 0.1) is 23.7 Å². The van der Waals surface area contributed by atoms with E-state index in [0.29, 0.717) is 16.9 Å². The molecule has 1 amide bonds. The van der Waals surface area contributed by atoms with Gasteiger partial charge in [-0.25, -0.2) is 5.43 Å². The number of nitrogens with zero attached hydrogens (tertiary/aromatic N) is 3. The van der Waals surface area contributed by atoms with Gasteiger partial charge < -0.3 is 15.4 Å². The second kappa shape index (κ2) is 21.0. The second-order valence-electron chi connectivity index (χ2n) is 10.4. The summed E-state index contributed by atoms with van der Waals surface area (Å²) < 4.78 is 41.4. The van der Waals surface area contributed by atoms with E-state index in [4.69, 9.17) is 5.11 Å². The molecule has 0 saturated heterocycles. The van der Waals surface area contributed by atoms with Gasteiger partial charge >= 0.3 is 6.18 Å². The van der Waals surface area contributed by atoms with E-state index in [2.05, 4.69) is 21.2 Å². The summed E-state index contributed by atoms with van der Waals surface area (Å²) in [6, 6.07) is 10.3. The number of benzene rings is 1. The lowest BCUT2D eigenvalue weighted by Gasteiger charge is -2.16. The average molecular weight is 661 g/mol. The van der Waals surface area contributed by atoms with Gasteiger partial charge in [-0.05, 0) is 63.9 Å². The summed E-state index contributed by atoms with van der Waals surface area (Å²) in [7, 11) is 3.49. The summed E-state index contributed by atoms with van der Waals surface area (Å²) in [6.45, 7) is 12.5. The number of alkyl halides is 3. The number of halogens is 3. The zero-order valence-electron chi connectivity index (χ0n) is 28.8. The molecule has 0 saturated carbocycles. The number of hydrazine groups is 1. The summed E-state index contributed by atoms with van der Waals surface area (Å²) in [5.41, 5.74) is 7.35. The number of fused-ring (bicyclic) bond motifs is 1. The second-order valence-corrected chi connectivity index (χ2v) is 10.4. The third kappa shape index (κ3) is 12.3. The van der Waals surface area contributed by atoms with E-state index < -0.39 is 17.8 Å². The third-order valence-electron chi connectivity index (χ3n) is 6.88. The Hall–Kier alpha value is -4.00. The van der Waals surface area contributed by atoms with Crippen molar-refractivity contribution in [2.75, 3.05) is 32.8 Å². The van der Waals surface area contributed by atoms with Crippen LogP contribution in [0.1, 0.15) is 93.5 Å². The molecule has 47 heavy (non-hydrogen) atoms. The summed E-state index contributed by atoms with van der Waals surface area (Å²) in [6.07, 6.45) is 4.13. The molecule has 9 nitrogen and oxygen atoms in total. The van der Waals surface area contributed by atoms with Crippen LogP contribution in [0, 0.1) is 6.92 Å². The lowest BCUT2D eigenvalue weighted by Crippen LogP contribution is -2.35. The number of aryl methyl sites for hydroxylation is 1. The van der Waals surface area contributed by atoms with Gasteiger partial charge in [-0.3, -0.25) is 24.5 Å². The minimum Gasteiger partial charge on any atom is -0.381 e. The van der Waals surface area contributed by atoms with Crippen LogP contribution in [0.15, 0.2) is 65.2 Å². The number of aromatic nitrogens is 2. The highest BCUT2D eigenvalue weighted by atomic mass is 19.4. The van der Waals surface area contributed by atoms with Crippen molar-refractivity contribution in [3.63, 3.8) is 0 Å². The highest BCUT2D eigenvalue weighted by Gasteiger charge is 2.46. The smallest absolute Gasteiger partial charge is 0.381 e. The topological polar surface area (TPSA) is 112 Å². The lowest BCUT2D eigenvalue weighted by molar-refractivity contribution is -0.154. The predicted octanol–water partition coefficient (Wildman–Crippen LogP) is 7.02. The summed E-state index contributed by atoms with van der Waals surface area (Å²) in [4.78, 5) is 30.2. The monoisotopic (exact) mass is 660 g/mol. The van der Waals surface area contributed by atoms with Crippen LogP contribution in [-0.4, -0.2) is 59.0 Å². The molecule has 1 unspecified atom stereocenters. The molecule has 2 aromatic heterocycles. The first kappa shape index (κ1) is 41.0. The number of unbranched alkanes of at least 4 members (excludes halogenated alkanes) is 2. The Morgan fingerprint density at radius 1 is 1.06 bits per heavy atom. The SMILES string of the molecule is C/C(=C\c1c(-n2ccc3c(c2=O)C(C(F)(F)F)NN3)ccnc1C)CCCCCNCO.CC.CC.CN(C)C(=O)c1ccccc1. The molecule has 1 aliphatic rings. The number of rotatable bonds is 10. The van der Waals surface area contributed by atoms with Crippen molar-refractivity contribution in [2.24, 2.45) is 0 Å². The van der Waals surface area contributed by atoms with Gasteiger partial charge in [0.1, 0.15) is 0 Å². The predicted molar refractivity (Wildman–Crippen MR) is 184 cm³/mol. The number of anilines is 1. The van der Waals surface area contributed by atoms with E-state index in [1.165, 1.54) is 16.8 Å². The number of amides is 1. The van der Waals surface area contributed by atoms with Crippen molar-refractivity contribution in [3.8, 4) is 5.69 Å². The van der Waals surface area contributed by atoms with Crippen LogP contribution in [0.4, 0.5) is 18.9 Å². The van der Waals surface area contributed by atoms with Gasteiger partial charge in [0.15, 0.2) is 6.04 Å². The van der Waals surface area contributed by atoms with E-state index >= 15 is 0 Å². The molecule has 3 aromatic rings. The molecule has 0 radical (unpaired) electrons. The molecule has 0 bridgehead atoms. The van der Waals surface area contributed by atoms with Crippen molar-refractivity contribution < 1.29 is 23.1 Å². The maximum atomic E-state index is 13.4. The minimum atomic E-state index is -4.60. The highest BCUT2D eigenvalue weighted by molar-refractivity contribution is 5.93. The molecule has 1 atom stereocenters. The maximum Gasteiger partial charge on any atom is 0.409 e. The van der Waals surface area contributed by atoms with Crippen LogP contribution in [0.25, 0.3) is 11.8 Å². The largest absolute Gasteiger partial charge is 0.409 e. The number of nitrogens with one attached hydrogen (secondary N) is 3. The minimum absolute atomic E-state index is 0.0279. The van der Waals surface area contributed by atoms with Gasteiger partial charge in [0.2, 0.25) is 0 Å². The maximum absolute atomic E-state index is 13.4. The van der Waals surface area contributed by atoms with Gasteiger partial charge in [-0.15, -0.1) is 0 Å². The Kier molecular flexibility index (Phi) is 18.3. The fourth-order valence-electron chi connectivity index (χ4n) is 4.62. The molecule has 4 rings (SSSR count). The van der Waals surface area contributed by atoms with E-state index in [1.807, 2.05) is 78.0 Å². The molecule has 1 aromatic carbocycles. The van der Waals surface area contributed by atoms with Crippen molar-refractivity contribution in [1.29, 1.82) is 0 Å². The van der Waals surface area contributed by atoms with Crippen molar-refractivity contribution >= 4 is 17.7 Å². The number of allylic oxidation sites excluding steroid dienone is 1. The number of pyridine rings is 2.